The lowest BCUT2D eigenvalue weighted by molar-refractivity contribution is -0.117. The SMILES string of the molecule is COc1cccc(OC)c1C=CC=CC(=O)NCc1ccc(CNC(=O)C=CC=Cc2c(OC)cccc2OC)cc1. The van der Waals surface area contributed by atoms with Gasteiger partial charge in [0.05, 0.1) is 39.6 Å². The van der Waals surface area contributed by atoms with Gasteiger partial charge in [-0.2, -0.15) is 0 Å². The van der Waals surface area contributed by atoms with Crippen molar-refractivity contribution in [3.8, 4) is 23.0 Å². The third-order valence-electron chi connectivity index (χ3n) is 6.13. The molecule has 3 aromatic rings. The average molecular weight is 569 g/mol. The van der Waals surface area contributed by atoms with Gasteiger partial charge in [-0.05, 0) is 47.5 Å². The van der Waals surface area contributed by atoms with Crippen LogP contribution in [0.4, 0.5) is 0 Å². The van der Waals surface area contributed by atoms with Crippen LogP contribution in [-0.2, 0) is 22.7 Å². The van der Waals surface area contributed by atoms with Gasteiger partial charge in [-0.15, -0.1) is 0 Å². The summed E-state index contributed by atoms with van der Waals surface area (Å²) in [6, 6.07) is 18.7. The van der Waals surface area contributed by atoms with Crippen LogP contribution in [0.2, 0.25) is 0 Å². The Bertz CT molecular complexity index is 1300. The molecule has 0 aromatic heterocycles. The molecule has 0 atom stereocenters. The molecule has 0 radical (unpaired) electrons. The lowest BCUT2D eigenvalue weighted by atomic mass is 10.1. The largest absolute Gasteiger partial charge is 0.496 e. The van der Waals surface area contributed by atoms with Gasteiger partial charge < -0.3 is 29.6 Å². The van der Waals surface area contributed by atoms with Crippen LogP contribution in [0.15, 0.2) is 97.1 Å². The zero-order valence-corrected chi connectivity index (χ0v) is 24.3. The fourth-order valence-corrected chi connectivity index (χ4v) is 3.95. The van der Waals surface area contributed by atoms with E-state index in [-0.39, 0.29) is 11.8 Å². The van der Waals surface area contributed by atoms with Gasteiger partial charge in [-0.1, -0.05) is 60.7 Å². The Morgan fingerprint density at radius 3 is 1.19 bits per heavy atom. The normalized spacial score (nSPS) is 11.3. The molecule has 0 saturated carbocycles. The number of allylic oxidation sites excluding steroid dienone is 4. The summed E-state index contributed by atoms with van der Waals surface area (Å²) in [5, 5.41) is 5.71. The molecule has 0 aliphatic rings. The number of rotatable bonds is 14. The molecule has 8 heteroatoms. The molecule has 0 aliphatic heterocycles. The first kappa shape index (κ1) is 31.3. The van der Waals surface area contributed by atoms with Gasteiger partial charge >= 0.3 is 0 Å². The van der Waals surface area contributed by atoms with E-state index in [9.17, 15) is 9.59 Å². The summed E-state index contributed by atoms with van der Waals surface area (Å²) in [5.74, 6) is 2.30. The highest BCUT2D eigenvalue weighted by molar-refractivity contribution is 5.88. The summed E-state index contributed by atoms with van der Waals surface area (Å²) >= 11 is 0. The Morgan fingerprint density at radius 2 is 0.881 bits per heavy atom. The van der Waals surface area contributed by atoms with E-state index in [1.807, 2.05) is 72.8 Å². The van der Waals surface area contributed by atoms with Gasteiger partial charge in [0, 0.05) is 25.2 Å². The number of hydrogen-bond acceptors (Lipinski definition) is 6. The number of amides is 2. The molecule has 3 aromatic carbocycles. The van der Waals surface area contributed by atoms with E-state index in [4.69, 9.17) is 18.9 Å². The third kappa shape index (κ3) is 9.45. The second-order valence-electron chi connectivity index (χ2n) is 8.84. The molecule has 218 valence electrons. The fraction of sp³-hybridized carbons (Fsp3) is 0.176. The Balaban J connectivity index is 1.43. The van der Waals surface area contributed by atoms with Gasteiger partial charge in [0.2, 0.25) is 11.8 Å². The Hall–Kier alpha value is -5.24. The maximum Gasteiger partial charge on any atom is 0.244 e. The van der Waals surface area contributed by atoms with E-state index in [2.05, 4.69) is 10.6 Å². The van der Waals surface area contributed by atoms with Crippen molar-refractivity contribution in [1.82, 2.24) is 10.6 Å². The molecule has 2 amide bonds. The number of carbonyl (C=O) groups is 2. The quantitative estimate of drug-likeness (QED) is 0.197. The first-order chi connectivity index (χ1) is 20.5. The van der Waals surface area contributed by atoms with Crippen molar-refractivity contribution in [2.45, 2.75) is 13.1 Å². The van der Waals surface area contributed by atoms with Crippen LogP contribution >= 0.6 is 0 Å². The van der Waals surface area contributed by atoms with Gasteiger partial charge in [0.25, 0.3) is 0 Å². The van der Waals surface area contributed by atoms with Crippen molar-refractivity contribution in [2.75, 3.05) is 28.4 Å². The van der Waals surface area contributed by atoms with E-state index in [0.29, 0.717) is 36.1 Å². The van der Waals surface area contributed by atoms with Crippen molar-refractivity contribution < 1.29 is 28.5 Å². The molecule has 0 unspecified atom stereocenters. The van der Waals surface area contributed by atoms with E-state index in [1.54, 1.807) is 52.7 Å². The minimum atomic E-state index is -0.215. The molecule has 8 nitrogen and oxygen atoms in total. The third-order valence-corrected chi connectivity index (χ3v) is 6.13. The lowest BCUT2D eigenvalue weighted by Crippen LogP contribution is -2.21. The standard InChI is InChI=1S/C34H36N2O6/c1-39-29-13-9-14-30(40-2)27(29)11-5-7-17-33(37)35-23-25-19-21-26(22-20-25)24-36-34(38)18-8-6-12-28-31(41-3)15-10-16-32(28)42-4/h5-22H,23-24H2,1-4H3,(H,35,37)(H,36,38). The molecule has 0 bridgehead atoms. The summed E-state index contributed by atoms with van der Waals surface area (Å²) in [6.45, 7) is 0.762. The number of ether oxygens (including phenoxy) is 4. The Kier molecular flexibility index (Phi) is 12.5. The minimum Gasteiger partial charge on any atom is -0.496 e. The lowest BCUT2D eigenvalue weighted by Gasteiger charge is -2.09. The summed E-state index contributed by atoms with van der Waals surface area (Å²) in [7, 11) is 6.38. The average Bonchev–Trinajstić information content (AvgIpc) is 3.03. The molecule has 0 heterocycles. The second-order valence-corrected chi connectivity index (χ2v) is 8.84. The first-order valence-electron chi connectivity index (χ1n) is 13.2. The number of methoxy groups -OCH3 is 4. The topological polar surface area (TPSA) is 95.1 Å². The maximum absolute atomic E-state index is 12.2. The predicted molar refractivity (Wildman–Crippen MR) is 166 cm³/mol. The van der Waals surface area contributed by atoms with Crippen molar-refractivity contribution in [2.24, 2.45) is 0 Å². The number of hydrogen-bond donors (Lipinski definition) is 2. The summed E-state index contributed by atoms with van der Waals surface area (Å²) in [5.41, 5.74) is 3.47. The van der Waals surface area contributed by atoms with Crippen molar-refractivity contribution in [3.63, 3.8) is 0 Å². The number of nitrogens with one attached hydrogen (secondary N) is 2. The van der Waals surface area contributed by atoms with Crippen molar-refractivity contribution in [3.05, 3.63) is 119 Å². The molecule has 0 saturated heterocycles. The molecular formula is C34H36N2O6. The van der Waals surface area contributed by atoms with Crippen LogP contribution in [0.5, 0.6) is 23.0 Å². The van der Waals surface area contributed by atoms with Gasteiger partial charge in [0.15, 0.2) is 0 Å². The van der Waals surface area contributed by atoms with E-state index in [1.165, 1.54) is 12.2 Å². The summed E-state index contributed by atoms with van der Waals surface area (Å²) in [4.78, 5) is 24.4. The second kappa shape index (κ2) is 16.8. The van der Waals surface area contributed by atoms with E-state index >= 15 is 0 Å². The van der Waals surface area contributed by atoms with Gasteiger partial charge in [-0.25, -0.2) is 0 Å². The molecule has 2 N–H and O–H groups in total. The first-order valence-corrected chi connectivity index (χ1v) is 13.2. The number of benzene rings is 3. The highest BCUT2D eigenvalue weighted by Gasteiger charge is 2.07. The van der Waals surface area contributed by atoms with Crippen molar-refractivity contribution in [1.29, 1.82) is 0 Å². The van der Waals surface area contributed by atoms with Gasteiger partial charge in [0.1, 0.15) is 23.0 Å². The van der Waals surface area contributed by atoms with Gasteiger partial charge in [-0.3, -0.25) is 9.59 Å². The van der Waals surface area contributed by atoms with Crippen LogP contribution in [0.1, 0.15) is 22.3 Å². The van der Waals surface area contributed by atoms with E-state index < -0.39 is 0 Å². The van der Waals surface area contributed by atoms with Crippen LogP contribution < -0.4 is 29.6 Å². The smallest absolute Gasteiger partial charge is 0.244 e. The van der Waals surface area contributed by atoms with Crippen molar-refractivity contribution >= 4 is 24.0 Å². The number of carbonyl (C=O) groups excluding carboxylic acids is 2. The molecule has 0 spiro atoms. The van der Waals surface area contributed by atoms with Crippen LogP contribution in [-0.4, -0.2) is 40.3 Å². The predicted octanol–water partition coefficient (Wildman–Crippen LogP) is 5.49. The highest BCUT2D eigenvalue weighted by Crippen LogP contribution is 2.30. The zero-order chi connectivity index (χ0) is 30.2. The molecule has 42 heavy (non-hydrogen) atoms. The summed E-state index contributed by atoms with van der Waals surface area (Å²) < 4.78 is 21.5. The molecule has 3 rings (SSSR count). The van der Waals surface area contributed by atoms with E-state index in [0.717, 1.165) is 22.3 Å². The monoisotopic (exact) mass is 568 g/mol. The van der Waals surface area contributed by atoms with Crippen LogP contribution in [0.25, 0.3) is 12.2 Å². The van der Waals surface area contributed by atoms with Crippen LogP contribution in [0.3, 0.4) is 0 Å². The Labute approximate surface area is 247 Å². The molecular weight excluding hydrogens is 532 g/mol. The minimum absolute atomic E-state index is 0.215. The van der Waals surface area contributed by atoms with Crippen LogP contribution in [0, 0.1) is 0 Å². The summed E-state index contributed by atoms with van der Waals surface area (Å²) in [6.07, 6.45) is 13.4. The molecule has 0 aliphatic carbocycles. The highest BCUT2D eigenvalue weighted by atomic mass is 16.5. The molecule has 0 fully saturated rings. The maximum atomic E-state index is 12.2. The fourth-order valence-electron chi connectivity index (χ4n) is 3.95. The Morgan fingerprint density at radius 1 is 0.548 bits per heavy atom. The zero-order valence-electron chi connectivity index (χ0n) is 24.3.